The molecule has 0 fully saturated rings. The lowest BCUT2D eigenvalue weighted by atomic mass is 9.94. The van der Waals surface area contributed by atoms with Gasteiger partial charge in [0.1, 0.15) is 25.0 Å². The smallest absolute Gasteiger partial charge is 0.408 e. The number of carbonyl (C=O) groups is 4. The fourth-order valence-electron chi connectivity index (χ4n) is 9.57. The molecule has 74 heavy (non-hydrogen) atoms. The number of amides is 3. The van der Waals surface area contributed by atoms with Crippen molar-refractivity contribution in [2.75, 3.05) is 23.4 Å². The number of hydrogen-bond donors (Lipinski definition) is 2. The van der Waals surface area contributed by atoms with E-state index in [2.05, 4.69) is 58.9 Å². The first-order chi connectivity index (χ1) is 35.3. The van der Waals surface area contributed by atoms with Gasteiger partial charge in [-0.2, -0.15) is 0 Å². The zero-order chi connectivity index (χ0) is 52.7. The SMILES string of the molecule is CC(C)N1CN(C2c3ccccc3CSc3ccccc32)n2ccc(=O)c(O)c2C1=O.CC(C)N1CN(C2c3ccccc3CSc3ccccc32)n2ccc(=O)c(OC(=O)[C@H](C)NC(=O)OC(C)(C)C)c2C1=O. The van der Waals surface area contributed by atoms with Crippen molar-refractivity contribution in [1.82, 2.24) is 24.5 Å². The van der Waals surface area contributed by atoms with Gasteiger partial charge in [0.25, 0.3) is 11.8 Å². The number of benzene rings is 4. The average Bonchev–Trinajstić information content (AvgIpc) is 3.64. The third-order valence-corrected chi connectivity index (χ3v) is 15.5. The topological polar surface area (TPSA) is 176 Å². The molecule has 10 rings (SSSR count). The van der Waals surface area contributed by atoms with Crippen molar-refractivity contribution in [3.05, 3.63) is 187 Å². The summed E-state index contributed by atoms with van der Waals surface area (Å²) in [6, 6.07) is 33.7. The minimum atomic E-state index is -1.15. The van der Waals surface area contributed by atoms with Crippen LogP contribution in [0.5, 0.6) is 11.5 Å². The number of aromatic hydroxyl groups is 1. The highest BCUT2D eigenvalue weighted by Crippen LogP contribution is 2.45. The van der Waals surface area contributed by atoms with Crippen LogP contribution in [0.25, 0.3) is 0 Å². The molecular formula is C56H59N7O9S2. The Morgan fingerprint density at radius 2 is 1.04 bits per heavy atom. The van der Waals surface area contributed by atoms with Crippen LogP contribution in [-0.2, 0) is 21.0 Å². The highest BCUT2D eigenvalue weighted by Gasteiger charge is 2.42. The number of aromatic nitrogens is 2. The number of nitrogens with zero attached hydrogens (tertiary/aromatic N) is 6. The van der Waals surface area contributed by atoms with Gasteiger partial charge in [-0.3, -0.25) is 38.5 Å². The summed E-state index contributed by atoms with van der Waals surface area (Å²) in [4.78, 5) is 83.6. The zero-order valence-electron chi connectivity index (χ0n) is 42.5. The van der Waals surface area contributed by atoms with Gasteiger partial charge in [0.2, 0.25) is 16.6 Å². The number of rotatable bonds is 7. The quantitative estimate of drug-likeness (QED) is 0.146. The molecule has 6 aromatic rings. The molecular weight excluding hydrogens is 979 g/mol. The molecule has 0 bridgehead atoms. The maximum absolute atomic E-state index is 14.0. The predicted molar refractivity (Wildman–Crippen MR) is 285 cm³/mol. The Morgan fingerprint density at radius 3 is 1.53 bits per heavy atom. The molecule has 2 unspecified atom stereocenters. The van der Waals surface area contributed by atoms with Crippen molar-refractivity contribution in [2.24, 2.45) is 0 Å². The number of hydrogen-bond acceptors (Lipinski definition) is 13. The maximum atomic E-state index is 14.0. The van der Waals surface area contributed by atoms with Crippen LogP contribution < -0.4 is 30.9 Å². The molecule has 0 saturated carbocycles. The van der Waals surface area contributed by atoms with Crippen molar-refractivity contribution in [2.45, 2.75) is 112 Å². The predicted octanol–water partition coefficient (Wildman–Crippen LogP) is 8.53. The lowest BCUT2D eigenvalue weighted by Crippen LogP contribution is -2.57. The Morgan fingerprint density at radius 1 is 0.608 bits per heavy atom. The van der Waals surface area contributed by atoms with Crippen molar-refractivity contribution >= 4 is 47.4 Å². The highest BCUT2D eigenvalue weighted by molar-refractivity contribution is 7.98. The number of ether oxygens (including phenoxy) is 2. The molecule has 2 N–H and O–H groups in total. The summed E-state index contributed by atoms with van der Waals surface area (Å²) in [6.45, 7) is 14.8. The molecule has 0 radical (unpaired) electrons. The number of thioether (sulfide) groups is 2. The second-order valence-corrected chi connectivity index (χ2v) is 22.0. The van der Waals surface area contributed by atoms with E-state index in [0.29, 0.717) is 6.67 Å². The van der Waals surface area contributed by atoms with Gasteiger partial charge in [0.15, 0.2) is 17.1 Å². The standard InChI is InChI=1S/C32H36N4O6S.C24H23N3O3S/c1-19(2)34-18-36(26-22-12-8-7-11-21(22)17-43-25-14-10-9-13-23(25)26)35-16-15-24(37)28(27(35)29(34)38)41-30(39)20(3)33-31(40)42-32(4,5)6;1-15(2)25-14-27(26-12-11-19(28)23(29)22(26)24(25)30)21-17-8-4-3-7-16(17)13-31-20-10-6-5-9-18(20)21/h7-16,19-20,26H,17-18H2,1-6H3,(H,33,40);3-12,15,21,29H,13-14H2,1-2H3/t20-,26?;/m0./s1. The minimum Gasteiger partial charge on any atom is -0.502 e. The van der Waals surface area contributed by atoms with Gasteiger partial charge >= 0.3 is 12.1 Å². The van der Waals surface area contributed by atoms with Crippen LogP contribution >= 0.6 is 23.5 Å². The summed E-state index contributed by atoms with van der Waals surface area (Å²) in [5.41, 5.74) is 4.84. The fourth-order valence-corrected chi connectivity index (χ4v) is 11.8. The lowest BCUT2D eigenvalue weighted by Gasteiger charge is -2.45. The van der Waals surface area contributed by atoms with Gasteiger partial charge in [-0.15, -0.1) is 23.5 Å². The number of alkyl carbamates (subject to hydrolysis) is 1. The van der Waals surface area contributed by atoms with Crippen LogP contribution in [0.4, 0.5) is 4.79 Å². The summed E-state index contributed by atoms with van der Waals surface area (Å²) in [5.74, 6) is -0.948. The molecule has 384 valence electrons. The van der Waals surface area contributed by atoms with Crippen molar-refractivity contribution in [3.8, 4) is 11.5 Å². The maximum Gasteiger partial charge on any atom is 0.408 e. The van der Waals surface area contributed by atoms with E-state index < -0.39 is 52.0 Å². The van der Waals surface area contributed by atoms with Gasteiger partial charge in [-0.05, 0) is 101 Å². The van der Waals surface area contributed by atoms with Gasteiger partial charge in [0, 0.05) is 57.9 Å². The van der Waals surface area contributed by atoms with Crippen LogP contribution in [0.1, 0.15) is 122 Å². The summed E-state index contributed by atoms with van der Waals surface area (Å²) in [7, 11) is 0. The van der Waals surface area contributed by atoms with Crippen LogP contribution in [0, 0.1) is 0 Å². The number of pyridine rings is 2. The van der Waals surface area contributed by atoms with E-state index in [-0.39, 0.29) is 48.1 Å². The molecule has 2 aromatic heterocycles. The molecule has 4 aliphatic heterocycles. The monoisotopic (exact) mass is 1040 g/mol. The third kappa shape index (κ3) is 9.99. The zero-order valence-corrected chi connectivity index (χ0v) is 44.1. The second kappa shape index (κ2) is 20.8. The van der Waals surface area contributed by atoms with E-state index in [1.54, 1.807) is 75.8 Å². The summed E-state index contributed by atoms with van der Waals surface area (Å²) < 4.78 is 14.1. The number of nitrogens with one attached hydrogen (secondary N) is 1. The van der Waals surface area contributed by atoms with E-state index in [1.807, 2.05) is 81.2 Å². The lowest BCUT2D eigenvalue weighted by molar-refractivity contribution is -0.136. The van der Waals surface area contributed by atoms with Crippen LogP contribution in [0.2, 0.25) is 0 Å². The Bertz CT molecular complexity index is 3200. The van der Waals surface area contributed by atoms with Gasteiger partial charge in [0.05, 0.1) is 12.1 Å². The van der Waals surface area contributed by atoms with Crippen LogP contribution in [-0.4, -0.2) is 85.2 Å². The fraction of sp³-hybridized carbons (Fsp3) is 0.321. The number of fused-ring (bicyclic) bond motifs is 6. The Kier molecular flexibility index (Phi) is 14.5. The first kappa shape index (κ1) is 51.5. The molecule has 3 atom stereocenters. The van der Waals surface area contributed by atoms with E-state index in [0.717, 1.165) is 44.2 Å². The Balaban J connectivity index is 0.000000191. The Hall–Kier alpha value is -7.44. The van der Waals surface area contributed by atoms with Gasteiger partial charge in [-0.1, -0.05) is 84.9 Å². The molecule has 4 aromatic carbocycles. The van der Waals surface area contributed by atoms with Crippen molar-refractivity contribution in [3.63, 3.8) is 0 Å². The molecule has 4 aliphatic rings. The molecule has 3 amide bonds. The summed E-state index contributed by atoms with van der Waals surface area (Å²) in [6.07, 6.45) is 2.34. The van der Waals surface area contributed by atoms with E-state index in [1.165, 1.54) is 29.5 Å². The van der Waals surface area contributed by atoms with Crippen molar-refractivity contribution in [1.29, 1.82) is 0 Å². The molecule has 16 nitrogen and oxygen atoms in total. The largest absolute Gasteiger partial charge is 0.502 e. The van der Waals surface area contributed by atoms with Crippen LogP contribution in [0.15, 0.2) is 141 Å². The summed E-state index contributed by atoms with van der Waals surface area (Å²) in [5, 5.41) is 17.1. The molecule has 18 heteroatoms. The molecule has 0 aliphatic carbocycles. The summed E-state index contributed by atoms with van der Waals surface area (Å²) >= 11 is 3.55. The molecule has 0 spiro atoms. The third-order valence-electron chi connectivity index (χ3n) is 13.2. The van der Waals surface area contributed by atoms with Gasteiger partial charge < -0.3 is 29.7 Å². The normalized spacial score (nSPS) is 17.3. The first-order valence-electron chi connectivity index (χ1n) is 24.5. The molecule has 0 saturated heterocycles. The van der Waals surface area contributed by atoms with Gasteiger partial charge in [-0.25, -0.2) is 9.59 Å². The highest BCUT2D eigenvalue weighted by atomic mass is 32.2. The molecule has 6 heterocycles. The van der Waals surface area contributed by atoms with Crippen molar-refractivity contribution < 1.29 is 33.8 Å². The number of carbonyl (C=O) groups excluding carboxylic acids is 4. The van der Waals surface area contributed by atoms with E-state index in [4.69, 9.17) is 9.47 Å². The average molecular weight is 1040 g/mol. The Labute approximate surface area is 437 Å². The van der Waals surface area contributed by atoms with E-state index >= 15 is 0 Å². The van der Waals surface area contributed by atoms with E-state index in [9.17, 15) is 33.9 Å². The first-order valence-corrected chi connectivity index (χ1v) is 26.5. The second-order valence-electron chi connectivity index (χ2n) is 20.0. The minimum absolute atomic E-state index is 0.0133. The number of esters is 1. The van der Waals surface area contributed by atoms with Crippen LogP contribution in [0.3, 0.4) is 0 Å².